The zero-order chi connectivity index (χ0) is 20.6. The third-order valence-electron chi connectivity index (χ3n) is 8.29. The van der Waals surface area contributed by atoms with Crippen molar-refractivity contribution in [3.63, 3.8) is 0 Å². The Bertz CT molecular complexity index is 677. The van der Waals surface area contributed by atoms with Gasteiger partial charge in [-0.05, 0) is 92.4 Å². The molecule has 0 radical (unpaired) electrons. The van der Waals surface area contributed by atoms with Gasteiger partial charge >= 0.3 is 0 Å². The number of nitrogens with zero attached hydrogens (tertiary/aromatic N) is 2. The number of ether oxygens (including phenoxy) is 1. The lowest BCUT2D eigenvalue weighted by molar-refractivity contribution is -0.0741. The molecule has 0 amide bonds. The van der Waals surface area contributed by atoms with Crippen LogP contribution in [0, 0.1) is 29.0 Å². The van der Waals surface area contributed by atoms with Crippen LogP contribution in [0.2, 0.25) is 0 Å². The normalized spacial score (nSPS) is 32.3. The van der Waals surface area contributed by atoms with Crippen molar-refractivity contribution in [2.45, 2.75) is 51.0 Å². The van der Waals surface area contributed by atoms with Crippen LogP contribution in [-0.4, -0.2) is 62.0 Å². The van der Waals surface area contributed by atoms with Gasteiger partial charge in [-0.15, -0.1) is 0 Å². The summed E-state index contributed by atoms with van der Waals surface area (Å²) in [6, 6.07) is 6.73. The molecule has 0 spiro atoms. The minimum atomic E-state index is -0.418. The fourth-order valence-electron chi connectivity index (χ4n) is 7.30. The molecule has 1 unspecified atom stereocenters. The van der Waals surface area contributed by atoms with Crippen LogP contribution >= 0.6 is 0 Å². The third-order valence-corrected chi connectivity index (χ3v) is 8.29. The van der Waals surface area contributed by atoms with Crippen LogP contribution in [0.3, 0.4) is 0 Å². The summed E-state index contributed by atoms with van der Waals surface area (Å²) in [5, 5.41) is 10.5. The number of rotatable bonds is 8. The van der Waals surface area contributed by atoms with Gasteiger partial charge in [-0.3, -0.25) is 4.90 Å². The molecule has 5 fully saturated rings. The van der Waals surface area contributed by atoms with Gasteiger partial charge in [0.25, 0.3) is 0 Å². The van der Waals surface area contributed by atoms with E-state index >= 15 is 0 Å². The average molecular weight is 487 g/mol. The number of anilines is 1. The Balaban J connectivity index is 0.00000144. The maximum absolute atomic E-state index is 13.1. The first-order chi connectivity index (χ1) is 14.6. The lowest BCUT2D eigenvalue weighted by Crippen LogP contribution is -3.00. The molecule has 4 bridgehead atoms. The molecular weight excluding hydrogens is 450 g/mol. The van der Waals surface area contributed by atoms with Crippen molar-refractivity contribution < 1.29 is 39.0 Å². The highest BCUT2D eigenvalue weighted by atomic mass is 35.5. The standard InChI is InChI=1S/C25H37FN2O2.2ClH/c26-22-1-3-23(4-2-22)28-8-6-27(7-9-28)17-24(29)18-30-10-5-25-14-19-11-20(15-25)13-21(12-19)16-25;;/h1-4,19-21,24,29H,5-18H2;2*1H/p-2. The summed E-state index contributed by atoms with van der Waals surface area (Å²) in [6.07, 6.45) is 9.56. The molecule has 32 heavy (non-hydrogen) atoms. The first-order valence-corrected chi connectivity index (χ1v) is 12.1. The van der Waals surface area contributed by atoms with Gasteiger partial charge in [-0.1, -0.05) is 0 Å². The van der Waals surface area contributed by atoms with E-state index in [1.807, 2.05) is 12.1 Å². The maximum Gasteiger partial charge on any atom is 0.123 e. The van der Waals surface area contributed by atoms with E-state index in [2.05, 4.69) is 9.80 Å². The quantitative estimate of drug-likeness (QED) is 0.428. The molecule has 4 saturated carbocycles. The van der Waals surface area contributed by atoms with E-state index in [-0.39, 0.29) is 30.6 Å². The molecule has 1 aromatic carbocycles. The van der Waals surface area contributed by atoms with E-state index in [0.29, 0.717) is 18.6 Å². The highest BCUT2D eigenvalue weighted by Crippen LogP contribution is 2.61. The second-order valence-electron chi connectivity index (χ2n) is 10.7. The van der Waals surface area contributed by atoms with Crippen LogP contribution in [-0.2, 0) is 4.74 Å². The van der Waals surface area contributed by atoms with Gasteiger partial charge in [0, 0.05) is 45.0 Å². The lowest BCUT2D eigenvalue weighted by atomic mass is 9.49. The number of aliphatic hydroxyl groups excluding tert-OH is 1. The number of halogens is 3. The highest BCUT2D eigenvalue weighted by Gasteiger charge is 2.50. The van der Waals surface area contributed by atoms with Crippen LogP contribution in [0.5, 0.6) is 0 Å². The Hall–Kier alpha value is -0.590. The predicted octanol–water partition coefficient (Wildman–Crippen LogP) is -2.06. The third kappa shape index (κ3) is 6.09. The number of β-amino-alcohol motifs (C(OH)–C–C–N with tert-alkyl or cyclic N) is 1. The van der Waals surface area contributed by atoms with E-state index in [0.717, 1.165) is 56.2 Å². The molecule has 1 saturated heterocycles. The van der Waals surface area contributed by atoms with Crippen molar-refractivity contribution in [1.82, 2.24) is 4.90 Å². The molecule has 1 N–H and O–H groups in total. The highest BCUT2D eigenvalue weighted by molar-refractivity contribution is 5.46. The Kier molecular flexibility index (Phi) is 9.13. The van der Waals surface area contributed by atoms with Crippen LogP contribution in [0.15, 0.2) is 24.3 Å². The van der Waals surface area contributed by atoms with Crippen LogP contribution in [0.1, 0.15) is 44.9 Å². The van der Waals surface area contributed by atoms with Crippen molar-refractivity contribution >= 4 is 5.69 Å². The van der Waals surface area contributed by atoms with Gasteiger partial charge < -0.3 is 39.6 Å². The Labute approximate surface area is 204 Å². The van der Waals surface area contributed by atoms with Gasteiger partial charge in [-0.25, -0.2) is 4.39 Å². The largest absolute Gasteiger partial charge is 1.00 e. The van der Waals surface area contributed by atoms with E-state index in [4.69, 9.17) is 4.74 Å². The molecule has 7 heteroatoms. The SMILES string of the molecule is OC(COCCC12CC3CC(CC(C3)C1)C2)CN1CCN(c2ccc(F)cc2)CC1.[Cl-].[Cl-]. The van der Waals surface area contributed by atoms with E-state index in [1.54, 1.807) is 0 Å². The zero-order valence-electron chi connectivity index (χ0n) is 18.9. The van der Waals surface area contributed by atoms with Gasteiger partial charge in [-0.2, -0.15) is 0 Å². The molecular formula is C25H37Cl2FN2O2-2. The summed E-state index contributed by atoms with van der Waals surface area (Å²) in [4.78, 5) is 4.59. The van der Waals surface area contributed by atoms with Gasteiger partial charge in [0.1, 0.15) is 5.82 Å². The molecule has 1 aliphatic heterocycles. The number of hydrogen-bond acceptors (Lipinski definition) is 4. The van der Waals surface area contributed by atoms with E-state index in [1.165, 1.54) is 57.1 Å². The summed E-state index contributed by atoms with van der Waals surface area (Å²) >= 11 is 0. The summed E-state index contributed by atoms with van der Waals surface area (Å²) in [7, 11) is 0. The number of benzene rings is 1. The molecule has 182 valence electrons. The van der Waals surface area contributed by atoms with E-state index in [9.17, 15) is 9.50 Å². The Morgan fingerprint density at radius 1 is 0.938 bits per heavy atom. The minimum absolute atomic E-state index is 0. The summed E-state index contributed by atoms with van der Waals surface area (Å²) in [5.41, 5.74) is 1.64. The molecule has 5 aliphatic rings. The van der Waals surface area contributed by atoms with Crippen LogP contribution in [0.25, 0.3) is 0 Å². The monoisotopic (exact) mass is 486 g/mol. The summed E-state index contributed by atoms with van der Waals surface area (Å²) in [6.45, 7) is 5.58. The van der Waals surface area contributed by atoms with Gasteiger partial charge in [0.15, 0.2) is 0 Å². The fourth-order valence-corrected chi connectivity index (χ4v) is 7.30. The van der Waals surface area contributed by atoms with Crippen molar-refractivity contribution in [3.8, 4) is 0 Å². The average Bonchev–Trinajstić information content (AvgIpc) is 2.72. The molecule has 1 aromatic rings. The van der Waals surface area contributed by atoms with Crippen molar-refractivity contribution in [2.75, 3.05) is 50.8 Å². The number of aliphatic hydroxyl groups is 1. The first-order valence-electron chi connectivity index (χ1n) is 12.1. The molecule has 0 aromatic heterocycles. The van der Waals surface area contributed by atoms with Crippen molar-refractivity contribution in [2.24, 2.45) is 23.2 Å². The molecule has 6 rings (SSSR count). The zero-order valence-corrected chi connectivity index (χ0v) is 20.4. The molecule has 1 atom stereocenters. The molecule has 1 heterocycles. The van der Waals surface area contributed by atoms with Gasteiger partial charge in [0.2, 0.25) is 0 Å². The Morgan fingerprint density at radius 3 is 2.06 bits per heavy atom. The Morgan fingerprint density at radius 2 is 1.50 bits per heavy atom. The summed E-state index contributed by atoms with van der Waals surface area (Å²) < 4.78 is 19.1. The smallest absolute Gasteiger partial charge is 0.123 e. The summed E-state index contributed by atoms with van der Waals surface area (Å²) in [5.74, 6) is 2.80. The number of hydrogen-bond donors (Lipinski definition) is 1. The number of piperazine rings is 1. The second-order valence-corrected chi connectivity index (χ2v) is 10.7. The van der Waals surface area contributed by atoms with E-state index < -0.39 is 6.10 Å². The first kappa shape index (κ1) is 26.0. The second kappa shape index (κ2) is 11.2. The van der Waals surface area contributed by atoms with Crippen molar-refractivity contribution in [1.29, 1.82) is 0 Å². The van der Waals surface area contributed by atoms with Crippen molar-refractivity contribution in [3.05, 3.63) is 30.1 Å². The molecule has 4 nitrogen and oxygen atoms in total. The lowest BCUT2D eigenvalue weighted by Gasteiger charge is -2.57. The topological polar surface area (TPSA) is 35.9 Å². The van der Waals surface area contributed by atoms with Crippen LogP contribution < -0.4 is 29.7 Å². The molecule has 4 aliphatic carbocycles. The fraction of sp³-hybridized carbons (Fsp3) is 0.760. The maximum atomic E-state index is 13.1. The van der Waals surface area contributed by atoms with Crippen LogP contribution in [0.4, 0.5) is 10.1 Å². The minimum Gasteiger partial charge on any atom is -1.00 e. The predicted molar refractivity (Wildman–Crippen MR) is 117 cm³/mol. The van der Waals surface area contributed by atoms with Gasteiger partial charge in [0.05, 0.1) is 12.7 Å².